The molecule has 0 saturated heterocycles. The number of carbonyl (C=O) groups excluding carboxylic acids is 1. The van der Waals surface area contributed by atoms with Crippen LogP contribution in [0.1, 0.15) is 50.4 Å². The minimum absolute atomic E-state index is 0.0440. The third-order valence-electron chi connectivity index (χ3n) is 7.19. The number of esters is 1. The van der Waals surface area contributed by atoms with Crippen molar-refractivity contribution in [2.45, 2.75) is 46.1 Å². The van der Waals surface area contributed by atoms with E-state index in [9.17, 15) is 4.79 Å². The smallest absolute Gasteiger partial charge is 0.338 e. The Labute approximate surface area is 150 Å². The number of benzene rings is 2. The predicted octanol–water partition coefficient (Wildman–Crippen LogP) is 5.73. The van der Waals surface area contributed by atoms with Crippen LogP contribution >= 0.6 is 0 Å². The van der Waals surface area contributed by atoms with E-state index in [1.165, 1.54) is 6.42 Å². The van der Waals surface area contributed by atoms with Crippen LogP contribution in [0.5, 0.6) is 0 Å². The topological polar surface area (TPSA) is 26.3 Å². The molecule has 0 radical (unpaired) electrons. The maximum absolute atomic E-state index is 12.7. The van der Waals surface area contributed by atoms with Crippen LogP contribution < -0.4 is 0 Å². The van der Waals surface area contributed by atoms with Crippen molar-refractivity contribution in [1.29, 1.82) is 0 Å². The molecule has 2 aliphatic carbocycles. The fraction of sp³-hybridized carbons (Fsp3) is 0.435. The van der Waals surface area contributed by atoms with Crippen molar-refractivity contribution >= 4 is 5.97 Å². The first-order chi connectivity index (χ1) is 11.9. The van der Waals surface area contributed by atoms with Crippen LogP contribution in [0.15, 0.2) is 54.6 Å². The lowest BCUT2D eigenvalue weighted by Gasteiger charge is -2.38. The first kappa shape index (κ1) is 16.4. The van der Waals surface area contributed by atoms with Crippen molar-refractivity contribution in [2.24, 2.45) is 16.7 Å². The second-order valence-electron chi connectivity index (χ2n) is 8.45. The average Bonchev–Trinajstić information content (AvgIpc) is 2.96. The van der Waals surface area contributed by atoms with Crippen LogP contribution in [0.2, 0.25) is 0 Å². The summed E-state index contributed by atoms with van der Waals surface area (Å²) in [5.41, 5.74) is 3.28. The van der Waals surface area contributed by atoms with E-state index in [0.29, 0.717) is 11.5 Å². The van der Waals surface area contributed by atoms with Gasteiger partial charge in [0.2, 0.25) is 0 Å². The minimum Gasteiger partial charge on any atom is -0.458 e. The van der Waals surface area contributed by atoms with Crippen molar-refractivity contribution in [1.82, 2.24) is 0 Å². The highest BCUT2D eigenvalue weighted by molar-refractivity contribution is 5.90. The molecule has 2 aromatic rings. The van der Waals surface area contributed by atoms with Gasteiger partial charge in [0.1, 0.15) is 6.10 Å². The zero-order valence-electron chi connectivity index (χ0n) is 15.3. The van der Waals surface area contributed by atoms with Gasteiger partial charge in [-0.1, -0.05) is 63.2 Å². The minimum atomic E-state index is -0.186. The van der Waals surface area contributed by atoms with E-state index in [1.54, 1.807) is 0 Å². The Morgan fingerprint density at radius 2 is 1.60 bits per heavy atom. The molecule has 2 saturated carbocycles. The van der Waals surface area contributed by atoms with E-state index in [-0.39, 0.29) is 22.9 Å². The van der Waals surface area contributed by atoms with E-state index in [4.69, 9.17) is 4.74 Å². The molecule has 2 aliphatic rings. The van der Waals surface area contributed by atoms with Crippen molar-refractivity contribution < 1.29 is 9.53 Å². The van der Waals surface area contributed by atoms with Gasteiger partial charge in [0.25, 0.3) is 0 Å². The number of fused-ring (bicyclic) bond motifs is 2. The standard InChI is InChI=1S/C23H26O2/c1-22(2)19-13-14-23(22,3)20(15-19)25-21(24)18-11-9-17(10-12-18)16-7-5-4-6-8-16/h4-12,19-20H,13-15H2,1-3H3/t19-,20?,23+/m0/s1. The number of rotatable bonds is 3. The average molecular weight is 334 g/mol. The number of ether oxygens (including phenoxy) is 1. The number of hydrogen-bond acceptors (Lipinski definition) is 2. The van der Waals surface area contributed by atoms with Crippen molar-refractivity contribution in [3.63, 3.8) is 0 Å². The highest BCUT2D eigenvalue weighted by Gasteiger charge is 2.62. The van der Waals surface area contributed by atoms with E-state index >= 15 is 0 Å². The molecule has 0 amide bonds. The summed E-state index contributed by atoms with van der Waals surface area (Å²) in [5.74, 6) is 0.491. The van der Waals surface area contributed by atoms with Gasteiger partial charge in [-0.05, 0) is 53.9 Å². The largest absolute Gasteiger partial charge is 0.458 e. The van der Waals surface area contributed by atoms with Crippen LogP contribution in [0.4, 0.5) is 0 Å². The molecule has 3 atom stereocenters. The SMILES string of the molecule is CC1(C)[C@H]2CC[C@]1(C)C(OC(=O)c1ccc(-c3ccccc3)cc1)C2. The molecule has 130 valence electrons. The molecular formula is C23H26O2. The molecule has 2 aromatic carbocycles. The van der Waals surface area contributed by atoms with Gasteiger partial charge < -0.3 is 4.74 Å². The monoisotopic (exact) mass is 334 g/mol. The van der Waals surface area contributed by atoms with Crippen molar-refractivity contribution in [3.05, 3.63) is 60.2 Å². The number of carbonyl (C=O) groups is 1. The van der Waals surface area contributed by atoms with Crippen LogP contribution in [-0.2, 0) is 4.74 Å². The summed E-state index contributed by atoms with van der Waals surface area (Å²) in [7, 11) is 0. The van der Waals surface area contributed by atoms with E-state index < -0.39 is 0 Å². The second-order valence-corrected chi connectivity index (χ2v) is 8.45. The Morgan fingerprint density at radius 1 is 0.960 bits per heavy atom. The summed E-state index contributed by atoms with van der Waals surface area (Å²) in [4.78, 5) is 12.7. The van der Waals surface area contributed by atoms with Gasteiger partial charge in [-0.25, -0.2) is 4.79 Å². The molecule has 2 nitrogen and oxygen atoms in total. The maximum Gasteiger partial charge on any atom is 0.338 e. The Balaban J connectivity index is 1.49. The molecule has 2 fully saturated rings. The normalized spacial score (nSPS) is 29.6. The van der Waals surface area contributed by atoms with E-state index in [0.717, 1.165) is 24.0 Å². The molecule has 1 unspecified atom stereocenters. The molecule has 0 spiro atoms. The van der Waals surface area contributed by atoms with E-state index in [2.05, 4.69) is 32.9 Å². The lowest BCUT2D eigenvalue weighted by atomic mass is 9.70. The molecular weight excluding hydrogens is 308 g/mol. The molecule has 0 N–H and O–H groups in total. The lowest BCUT2D eigenvalue weighted by Crippen LogP contribution is -2.38. The third kappa shape index (κ3) is 2.50. The van der Waals surface area contributed by atoms with Gasteiger partial charge >= 0.3 is 5.97 Å². The molecule has 25 heavy (non-hydrogen) atoms. The van der Waals surface area contributed by atoms with E-state index in [1.807, 2.05) is 42.5 Å². The summed E-state index contributed by atoms with van der Waals surface area (Å²) in [6, 6.07) is 18.0. The molecule has 0 aromatic heterocycles. The van der Waals surface area contributed by atoms with Gasteiger partial charge in [-0.2, -0.15) is 0 Å². The molecule has 2 bridgehead atoms. The molecule has 0 aliphatic heterocycles. The van der Waals surface area contributed by atoms with Crippen LogP contribution in [-0.4, -0.2) is 12.1 Å². The summed E-state index contributed by atoms with van der Waals surface area (Å²) < 4.78 is 5.98. The fourth-order valence-corrected chi connectivity index (χ4v) is 4.94. The van der Waals surface area contributed by atoms with Crippen LogP contribution in [0.25, 0.3) is 11.1 Å². The summed E-state index contributed by atoms with van der Waals surface area (Å²) in [6.45, 7) is 6.98. The third-order valence-corrected chi connectivity index (χ3v) is 7.19. The zero-order valence-corrected chi connectivity index (χ0v) is 15.3. The van der Waals surface area contributed by atoms with Gasteiger partial charge in [0, 0.05) is 5.41 Å². The quantitative estimate of drug-likeness (QED) is 0.671. The molecule has 2 heteroatoms. The Hall–Kier alpha value is -2.09. The lowest BCUT2D eigenvalue weighted by molar-refractivity contribution is -0.0242. The second kappa shape index (κ2) is 5.72. The van der Waals surface area contributed by atoms with Gasteiger partial charge in [0.15, 0.2) is 0 Å². The van der Waals surface area contributed by atoms with Crippen LogP contribution in [0.3, 0.4) is 0 Å². The fourth-order valence-electron chi connectivity index (χ4n) is 4.94. The van der Waals surface area contributed by atoms with Crippen molar-refractivity contribution in [2.75, 3.05) is 0 Å². The molecule has 0 heterocycles. The first-order valence-corrected chi connectivity index (χ1v) is 9.28. The van der Waals surface area contributed by atoms with Gasteiger partial charge in [-0.15, -0.1) is 0 Å². The molecule has 4 rings (SSSR count). The summed E-state index contributed by atoms with van der Waals surface area (Å²) >= 11 is 0. The predicted molar refractivity (Wildman–Crippen MR) is 100 cm³/mol. The Morgan fingerprint density at radius 3 is 2.16 bits per heavy atom. The maximum atomic E-state index is 12.7. The first-order valence-electron chi connectivity index (χ1n) is 9.28. The van der Waals surface area contributed by atoms with Crippen LogP contribution in [0, 0.1) is 16.7 Å². The van der Waals surface area contributed by atoms with Crippen molar-refractivity contribution in [3.8, 4) is 11.1 Å². The highest BCUT2D eigenvalue weighted by atomic mass is 16.5. The zero-order chi connectivity index (χ0) is 17.7. The Kier molecular flexibility index (Phi) is 3.75. The number of hydrogen-bond donors (Lipinski definition) is 0. The summed E-state index contributed by atoms with van der Waals surface area (Å²) in [5, 5.41) is 0. The van der Waals surface area contributed by atoms with Gasteiger partial charge in [-0.3, -0.25) is 0 Å². The Bertz CT molecular complexity index is 775. The highest BCUT2D eigenvalue weighted by Crippen LogP contribution is 2.66. The van der Waals surface area contributed by atoms with Gasteiger partial charge in [0.05, 0.1) is 5.56 Å². The summed E-state index contributed by atoms with van der Waals surface area (Å²) in [6.07, 6.45) is 3.48.